The summed E-state index contributed by atoms with van der Waals surface area (Å²) in [5.74, 6) is 1.25. The quantitative estimate of drug-likeness (QED) is 0.342. The first kappa shape index (κ1) is 24.2. The van der Waals surface area contributed by atoms with Gasteiger partial charge in [-0.05, 0) is 39.5 Å². The third-order valence-corrected chi connectivity index (χ3v) is 6.30. The summed E-state index contributed by atoms with van der Waals surface area (Å²) in [4.78, 5) is 4.69. The number of nitrogens with one attached hydrogen (secondary N) is 2. The fraction of sp³-hybridized carbons (Fsp3) is 0.765. The fourth-order valence-electron chi connectivity index (χ4n) is 3.23. The molecule has 1 aromatic heterocycles. The summed E-state index contributed by atoms with van der Waals surface area (Å²) in [7, 11) is -1.12. The lowest BCUT2D eigenvalue weighted by Crippen LogP contribution is -2.44. The van der Waals surface area contributed by atoms with Crippen molar-refractivity contribution in [2.45, 2.75) is 40.2 Å². The molecule has 27 heavy (non-hydrogen) atoms. The van der Waals surface area contributed by atoms with Crippen molar-refractivity contribution in [2.24, 2.45) is 18.0 Å². The maximum Gasteiger partial charge on any atom is 0.211 e. The van der Waals surface area contributed by atoms with Gasteiger partial charge in [-0.25, -0.2) is 17.7 Å². The molecule has 0 aliphatic carbocycles. The van der Waals surface area contributed by atoms with Gasteiger partial charge in [0, 0.05) is 44.5 Å². The van der Waals surface area contributed by atoms with Crippen LogP contribution >= 0.6 is 24.0 Å². The maximum absolute atomic E-state index is 11.6. The van der Waals surface area contributed by atoms with E-state index in [1.807, 2.05) is 25.6 Å². The zero-order valence-electron chi connectivity index (χ0n) is 16.9. The molecular weight excluding hydrogens is 479 g/mol. The Morgan fingerprint density at radius 3 is 2.37 bits per heavy atom. The molecule has 1 saturated heterocycles. The van der Waals surface area contributed by atoms with E-state index in [0.717, 1.165) is 48.8 Å². The van der Waals surface area contributed by atoms with Gasteiger partial charge in [-0.3, -0.25) is 4.68 Å². The second kappa shape index (κ2) is 10.6. The molecule has 0 spiro atoms. The normalized spacial score (nSPS) is 16.9. The molecule has 1 fully saturated rings. The number of hydrogen-bond acceptors (Lipinski definition) is 4. The molecule has 0 amide bonds. The van der Waals surface area contributed by atoms with Gasteiger partial charge in [0.05, 0.1) is 18.5 Å². The van der Waals surface area contributed by atoms with Crippen LogP contribution in [0.5, 0.6) is 0 Å². The van der Waals surface area contributed by atoms with Crippen LogP contribution in [-0.4, -0.2) is 60.9 Å². The molecule has 0 unspecified atom stereocenters. The van der Waals surface area contributed by atoms with Crippen LogP contribution in [0, 0.1) is 19.8 Å². The second-order valence-electron chi connectivity index (χ2n) is 6.95. The van der Waals surface area contributed by atoms with Crippen LogP contribution in [0.4, 0.5) is 0 Å². The van der Waals surface area contributed by atoms with Gasteiger partial charge in [-0.1, -0.05) is 0 Å². The minimum absolute atomic E-state index is 0. The summed E-state index contributed by atoms with van der Waals surface area (Å²) < 4.78 is 26.6. The van der Waals surface area contributed by atoms with E-state index in [1.54, 1.807) is 4.31 Å². The molecule has 2 rings (SSSR count). The van der Waals surface area contributed by atoms with Crippen LogP contribution in [0.15, 0.2) is 4.99 Å². The van der Waals surface area contributed by atoms with Gasteiger partial charge >= 0.3 is 0 Å². The van der Waals surface area contributed by atoms with E-state index in [2.05, 4.69) is 22.7 Å². The Kier molecular flexibility index (Phi) is 9.49. The van der Waals surface area contributed by atoms with Crippen molar-refractivity contribution < 1.29 is 8.42 Å². The topological polar surface area (TPSA) is 91.6 Å². The Balaban J connectivity index is 0.00000364. The molecule has 8 nitrogen and oxygen atoms in total. The van der Waals surface area contributed by atoms with Crippen LogP contribution in [0.1, 0.15) is 36.7 Å². The molecular formula is C17H33IN6O2S. The highest BCUT2D eigenvalue weighted by molar-refractivity contribution is 14.0. The average Bonchev–Trinajstić information content (AvgIpc) is 2.82. The van der Waals surface area contributed by atoms with Crippen LogP contribution in [-0.2, 0) is 23.6 Å². The molecule has 0 atom stereocenters. The van der Waals surface area contributed by atoms with E-state index < -0.39 is 10.0 Å². The largest absolute Gasteiger partial charge is 0.357 e. The number of sulfonamides is 1. The van der Waals surface area contributed by atoms with Crippen LogP contribution in [0.2, 0.25) is 0 Å². The number of nitrogens with zero attached hydrogens (tertiary/aromatic N) is 4. The molecule has 1 aliphatic heterocycles. The summed E-state index contributed by atoms with van der Waals surface area (Å²) in [6.45, 7) is 9.50. The first-order valence-electron chi connectivity index (χ1n) is 9.18. The first-order valence-corrected chi connectivity index (χ1v) is 11.0. The molecule has 156 valence electrons. The third-order valence-electron chi connectivity index (χ3n) is 5.00. The van der Waals surface area contributed by atoms with Crippen molar-refractivity contribution in [1.29, 1.82) is 0 Å². The highest BCUT2D eigenvalue weighted by Crippen LogP contribution is 2.18. The summed E-state index contributed by atoms with van der Waals surface area (Å²) >= 11 is 0. The van der Waals surface area contributed by atoms with Crippen molar-refractivity contribution in [3.63, 3.8) is 0 Å². The Bertz CT molecular complexity index is 739. The van der Waals surface area contributed by atoms with E-state index in [1.165, 1.54) is 6.26 Å². The molecule has 1 aliphatic rings. The standard InChI is InChI=1S/C17H32N6O2S.HI/c1-6-18-17(20-12-16-13(2)21-22(4)14(16)3)19-11-15-7-9-23(10-8-15)26(5,24)25;/h15H,6-12H2,1-5H3,(H2,18,19,20);1H. The number of piperidine rings is 1. The Morgan fingerprint density at radius 2 is 1.89 bits per heavy atom. The highest BCUT2D eigenvalue weighted by Gasteiger charge is 2.24. The predicted molar refractivity (Wildman–Crippen MR) is 120 cm³/mol. The van der Waals surface area contributed by atoms with Crippen molar-refractivity contribution >= 4 is 40.0 Å². The summed E-state index contributed by atoms with van der Waals surface area (Å²) in [6.07, 6.45) is 3.03. The van der Waals surface area contributed by atoms with Gasteiger partial charge < -0.3 is 10.6 Å². The molecule has 2 heterocycles. The van der Waals surface area contributed by atoms with E-state index in [9.17, 15) is 8.42 Å². The first-order chi connectivity index (χ1) is 12.2. The number of hydrogen-bond donors (Lipinski definition) is 2. The lowest BCUT2D eigenvalue weighted by Gasteiger charge is -2.30. The van der Waals surface area contributed by atoms with E-state index in [-0.39, 0.29) is 24.0 Å². The summed E-state index contributed by atoms with van der Waals surface area (Å²) in [5, 5.41) is 11.1. The monoisotopic (exact) mass is 512 g/mol. The predicted octanol–water partition coefficient (Wildman–Crippen LogP) is 1.38. The number of aromatic nitrogens is 2. The number of rotatable bonds is 6. The van der Waals surface area contributed by atoms with E-state index >= 15 is 0 Å². The maximum atomic E-state index is 11.6. The molecule has 0 bridgehead atoms. The van der Waals surface area contributed by atoms with Crippen molar-refractivity contribution in [1.82, 2.24) is 24.7 Å². The lowest BCUT2D eigenvalue weighted by atomic mass is 9.98. The zero-order valence-corrected chi connectivity index (χ0v) is 20.1. The Labute approximate surface area is 180 Å². The van der Waals surface area contributed by atoms with E-state index in [0.29, 0.717) is 25.6 Å². The van der Waals surface area contributed by atoms with Crippen LogP contribution < -0.4 is 10.6 Å². The highest BCUT2D eigenvalue weighted by atomic mass is 127. The van der Waals surface area contributed by atoms with Gasteiger partial charge in [-0.2, -0.15) is 5.10 Å². The van der Waals surface area contributed by atoms with Gasteiger partial charge in [-0.15, -0.1) is 24.0 Å². The van der Waals surface area contributed by atoms with Gasteiger partial charge in [0.1, 0.15) is 0 Å². The Hall–Kier alpha value is -0.880. The number of halogens is 1. The molecule has 1 aromatic rings. The number of aryl methyl sites for hydroxylation is 2. The van der Waals surface area contributed by atoms with Gasteiger partial charge in [0.2, 0.25) is 10.0 Å². The molecule has 0 aromatic carbocycles. The fourth-order valence-corrected chi connectivity index (χ4v) is 4.11. The van der Waals surface area contributed by atoms with Crippen LogP contribution in [0.3, 0.4) is 0 Å². The molecule has 2 N–H and O–H groups in total. The number of aliphatic imine (C=N–C) groups is 1. The zero-order chi connectivity index (χ0) is 19.3. The second-order valence-corrected chi connectivity index (χ2v) is 8.94. The molecule has 0 radical (unpaired) electrons. The number of guanidine groups is 1. The van der Waals surface area contributed by atoms with Gasteiger partial charge in [0.15, 0.2) is 5.96 Å². The van der Waals surface area contributed by atoms with Crippen molar-refractivity contribution in [3.05, 3.63) is 17.0 Å². The molecule has 10 heteroatoms. The SMILES string of the molecule is CCNC(=NCc1c(C)nn(C)c1C)NCC1CCN(S(C)(=O)=O)CC1.I. The third kappa shape index (κ3) is 6.90. The van der Waals surface area contributed by atoms with Crippen molar-refractivity contribution in [3.8, 4) is 0 Å². The average molecular weight is 512 g/mol. The lowest BCUT2D eigenvalue weighted by molar-refractivity contribution is 0.275. The van der Waals surface area contributed by atoms with Crippen molar-refractivity contribution in [2.75, 3.05) is 32.4 Å². The van der Waals surface area contributed by atoms with E-state index in [4.69, 9.17) is 4.99 Å². The minimum atomic E-state index is -3.07. The summed E-state index contributed by atoms with van der Waals surface area (Å²) in [6, 6.07) is 0. The summed E-state index contributed by atoms with van der Waals surface area (Å²) in [5.41, 5.74) is 3.30. The van der Waals surface area contributed by atoms with Crippen LogP contribution in [0.25, 0.3) is 0 Å². The Morgan fingerprint density at radius 1 is 1.26 bits per heavy atom. The minimum Gasteiger partial charge on any atom is -0.357 e. The smallest absolute Gasteiger partial charge is 0.211 e. The molecule has 0 saturated carbocycles. The van der Waals surface area contributed by atoms with Gasteiger partial charge in [0.25, 0.3) is 0 Å².